The predicted octanol–water partition coefficient (Wildman–Crippen LogP) is 0.732. The number of hydrogen-bond acceptors (Lipinski definition) is 3. The van der Waals surface area contributed by atoms with E-state index in [0.717, 1.165) is 11.7 Å². The minimum Gasteiger partial charge on any atom is -0.492 e. The topological polar surface area (TPSA) is 69.4 Å². The summed E-state index contributed by atoms with van der Waals surface area (Å²) in [4.78, 5) is 3.98. The van der Waals surface area contributed by atoms with Crippen LogP contribution in [0.5, 0.6) is 5.75 Å². The Kier molecular flexibility index (Phi) is 5.38. The number of nitrogens with zero attached hydrogens (tertiary/aromatic N) is 2. The molecule has 0 aliphatic rings. The van der Waals surface area contributed by atoms with Crippen LogP contribution in [0.1, 0.15) is 5.56 Å². The summed E-state index contributed by atoms with van der Waals surface area (Å²) in [6, 6.07) is 9.09. The molecule has 0 unspecified atom stereocenters. The Hall–Kier alpha value is -2.22. The molecule has 0 fully saturated rings. The molecule has 5 heteroatoms. The van der Waals surface area contributed by atoms with E-state index in [9.17, 15) is 0 Å². The highest BCUT2D eigenvalue weighted by Crippen LogP contribution is 2.10. The van der Waals surface area contributed by atoms with E-state index >= 15 is 0 Å². The van der Waals surface area contributed by atoms with Crippen LogP contribution in [0.3, 0.4) is 0 Å². The molecule has 17 heavy (non-hydrogen) atoms. The molecule has 2 N–H and O–H groups in total. The minimum absolute atomic E-state index is 0.534. The first-order valence-electron chi connectivity index (χ1n) is 5.31. The Labute approximate surface area is 101 Å². The molecule has 1 rings (SSSR count). The van der Waals surface area contributed by atoms with Gasteiger partial charge in [-0.2, -0.15) is 5.26 Å². The molecule has 0 amide bonds. The number of rotatable bonds is 4. The SMILES string of the molecule is CN=C(NC)NCCOc1ccc(C#N)cc1. The van der Waals surface area contributed by atoms with Crippen molar-refractivity contribution in [3.05, 3.63) is 29.8 Å². The second kappa shape index (κ2) is 7.12. The van der Waals surface area contributed by atoms with Gasteiger partial charge in [-0.25, -0.2) is 0 Å². The van der Waals surface area contributed by atoms with E-state index in [1.54, 1.807) is 38.4 Å². The van der Waals surface area contributed by atoms with Crippen molar-refractivity contribution in [3.63, 3.8) is 0 Å². The van der Waals surface area contributed by atoms with Crippen molar-refractivity contribution in [3.8, 4) is 11.8 Å². The molecule has 1 aromatic rings. The van der Waals surface area contributed by atoms with Gasteiger partial charge < -0.3 is 15.4 Å². The highest BCUT2D eigenvalue weighted by atomic mass is 16.5. The Morgan fingerprint density at radius 2 is 2.12 bits per heavy atom. The van der Waals surface area contributed by atoms with Crippen LogP contribution < -0.4 is 15.4 Å². The summed E-state index contributed by atoms with van der Waals surface area (Å²) in [5, 5.41) is 14.6. The van der Waals surface area contributed by atoms with Gasteiger partial charge in [0.2, 0.25) is 0 Å². The summed E-state index contributed by atoms with van der Waals surface area (Å²) in [5.74, 6) is 1.48. The number of hydrogen-bond donors (Lipinski definition) is 2. The maximum absolute atomic E-state index is 8.64. The second-order valence-corrected chi connectivity index (χ2v) is 3.23. The zero-order chi connectivity index (χ0) is 12.5. The molecular formula is C12H16N4O. The Morgan fingerprint density at radius 3 is 2.65 bits per heavy atom. The maximum Gasteiger partial charge on any atom is 0.190 e. The predicted molar refractivity (Wildman–Crippen MR) is 67.1 cm³/mol. The van der Waals surface area contributed by atoms with Gasteiger partial charge in [0.1, 0.15) is 12.4 Å². The monoisotopic (exact) mass is 232 g/mol. The molecule has 0 aliphatic carbocycles. The van der Waals surface area contributed by atoms with Crippen LogP contribution in [0.4, 0.5) is 0 Å². The van der Waals surface area contributed by atoms with Gasteiger partial charge in [-0.3, -0.25) is 4.99 Å². The van der Waals surface area contributed by atoms with Crippen LogP contribution in [0.25, 0.3) is 0 Å². The third-order valence-corrected chi connectivity index (χ3v) is 2.11. The first-order valence-corrected chi connectivity index (χ1v) is 5.31. The van der Waals surface area contributed by atoms with Gasteiger partial charge in [0.25, 0.3) is 0 Å². The van der Waals surface area contributed by atoms with Crippen molar-refractivity contribution in [2.45, 2.75) is 0 Å². The summed E-state index contributed by atoms with van der Waals surface area (Å²) < 4.78 is 5.49. The van der Waals surface area contributed by atoms with Gasteiger partial charge >= 0.3 is 0 Å². The lowest BCUT2D eigenvalue weighted by Crippen LogP contribution is -2.37. The molecule has 90 valence electrons. The summed E-state index contributed by atoms with van der Waals surface area (Å²) in [5.41, 5.74) is 0.631. The van der Waals surface area contributed by atoms with Gasteiger partial charge in [-0.1, -0.05) is 0 Å². The van der Waals surface area contributed by atoms with Gasteiger partial charge in [0, 0.05) is 14.1 Å². The van der Waals surface area contributed by atoms with E-state index in [1.807, 2.05) is 0 Å². The lowest BCUT2D eigenvalue weighted by Gasteiger charge is -2.09. The van der Waals surface area contributed by atoms with Crippen LogP contribution in [-0.4, -0.2) is 33.2 Å². The molecule has 0 saturated heterocycles. The number of ether oxygens (including phenoxy) is 1. The molecule has 5 nitrogen and oxygen atoms in total. The van der Waals surface area contributed by atoms with E-state index in [-0.39, 0.29) is 0 Å². The van der Waals surface area contributed by atoms with E-state index in [0.29, 0.717) is 18.7 Å². The third kappa shape index (κ3) is 4.43. The lowest BCUT2D eigenvalue weighted by molar-refractivity contribution is 0.322. The van der Waals surface area contributed by atoms with Crippen LogP contribution >= 0.6 is 0 Å². The fourth-order valence-electron chi connectivity index (χ4n) is 1.24. The van der Waals surface area contributed by atoms with Crippen LogP contribution in [0.15, 0.2) is 29.3 Å². The average Bonchev–Trinajstić information content (AvgIpc) is 2.40. The first-order chi connectivity index (χ1) is 8.30. The van der Waals surface area contributed by atoms with Gasteiger partial charge in [0.15, 0.2) is 5.96 Å². The van der Waals surface area contributed by atoms with Crippen molar-refractivity contribution in [2.24, 2.45) is 4.99 Å². The summed E-state index contributed by atoms with van der Waals surface area (Å²) >= 11 is 0. The van der Waals surface area contributed by atoms with Crippen LogP contribution in [0, 0.1) is 11.3 Å². The molecule has 0 radical (unpaired) electrons. The van der Waals surface area contributed by atoms with Crippen molar-refractivity contribution in [1.29, 1.82) is 5.26 Å². The molecule has 0 heterocycles. The quantitative estimate of drug-likeness (QED) is 0.456. The Bertz CT molecular complexity index is 406. The van der Waals surface area contributed by atoms with E-state index in [4.69, 9.17) is 10.00 Å². The highest BCUT2D eigenvalue weighted by molar-refractivity contribution is 5.79. The molecular weight excluding hydrogens is 216 g/mol. The van der Waals surface area contributed by atoms with Gasteiger partial charge in [-0.15, -0.1) is 0 Å². The van der Waals surface area contributed by atoms with Crippen molar-refractivity contribution in [1.82, 2.24) is 10.6 Å². The molecule has 0 spiro atoms. The molecule has 0 saturated carbocycles. The second-order valence-electron chi connectivity index (χ2n) is 3.23. The summed E-state index contributed by atoms with van der Waals surface area (Å²) in [6.07, 6.45) is 0. The fraction of sp³-hybridized carbons (Fsp3) is 0.333. The van der Waals surface area contributed by atoms with E-state index < -0.39 is 0 Å². The van der Waals surface area contributed by atoms with Crippen molar-refractivity contribution < 1.29 is 4.74 Å². The molecule has 0 atom stereocenters. The fourth-order valence-corrected chi connectivity index (χ4v) is 1.24. The maximum atomic E-state index is 8.64. The van der Waals surface area contributed by atoms with Crippen LogP contribution in [-0.2, 0) is 0 Å². The zero-order valence-corrected chi connectivity index (χ0v) is 10.0. The minimum atomic E-state index is 0.534. The smallest absolute Gasteiger partial charge is 0.190 e. The van der Waals surface area contributed by atoms with Crippen molar-refractivity contribution >= 4 is 5.96 Å². The number of nitriles is 1. The number of guanidine groups is 1. The molecule has 0 bridgehead atoms. The van der Waals surface area contributed by atoms with Crippen molar-refractivity contribution in [2.75, 3.05) is 27.2 Å². The van der Waals surface area contributed by atoms with E-state index in [1.165, 1.54) is 0 Å². The van der Waals surface area contributed by atoms with E-state index in [2.05, 4.69) is 21.7 Å². The summed E-state index contributed by atoms with van der Waals surface area (Å²) in [6.45, 7) is 1.19. The molecule has 1 aromatic carbocycles. The Balaban J connectivity index is 2.29. The Morgan fingerprint density at radius 1 is 1.41 bits per heavy atom. The number of benzene rings is 1. The number of nitrogens with one attached hydrogen (secondary N) is 2. The lowest BCUT2D eigenvalue weighted by atomic mass is 10.2. The van der Waals surface area contributed by atoms with Gasteiger partial charge in [-0.05, 0) is 24.3 Å². The highest BCUT2D eigenvalue weighted by Gasteiger charge is 1.95. The summed E-state index contributed by atoms with van der Waals surface area (Å²) in [7, 11) is 3.51. The largest absolute Gasteiger partial charge is 0.492 e. The normalized spacial score (nSPS) is 10.5. The van der Waals surface area contributed by atoms with Gasteiger partial charge in [0.05, 0.1) is 18.2 Å². The zero-order valence-electron chi connectivity index (χ0n) is 10.0. The molecule has 0 aromatic heterocycles. The third-order valence-electron chi connectivity index (χ3n) is 2.11. The number of aliphatic imine (C=N–C) groups is 1. The first kappa shape index (κ1) is 12.8. The average molecular weight is 232 g/mol. The molecule has 0 aliphatic heterocycles. The standard InChI is InChI=1S/C12H16N4O/c1-14-12(15-2)16-7-8-17-11-5-3-10(9-13)4-6-11/h3-6H,7-8H2,1-2H3,(H2,14,15,16). The van der Waals surface area contributed by atoms with Crippen LogP contribution in [0.2, 0.25) is 0 Å².